The van der Waals surface area contributed by atoms with E-state index in [2.05, 4.69) is 52.3 Å². The highest BCUT2D eigenvalue weighted by atomic mass is 19.1. The molecule has 62 heavy (non-hydrogen) atoms. The van der Waals surface area contributed by atoms with Crippen molar-refractivity contribution in [2.24, 2.45) is 23.7 Å². The third kappa shape index (κ3) is 13.8. The Hall–Kier alpha value is -5.38. The van der Waals surface area contributed by atoms with Crippen LogP contribution in [0, 0.1) is 49.2 Å². The number of ether oxygens (including phenoxy) is 2. The summed E-state index contributed by atoms with van der Waals surface area (Å²) in [7, 11) is 3.25. The second-order valence-corrected chi connectivity index (χ2v) is 16.5. The minimum atomic E-state index is -1.18. The smallest absolute Gasteiger partial charge is 0.404 e. The number of halogens is 2. The van der Waals surface area contributed by atoms with E-state index in [1.165, 1.54) is 0 Å². The first-order chi connectivity index (χ1) is 29.7. The van der Waals surface area contributed by atoms with Crippen LogP contribution in [0.15, 0.2) is 0 Å². The van der Waals surface area contributed by atoms with Crippen molar-refractivity contribution in [2.75, 3.05) is 74.1 Å². The normalized spacial score (nSPS) is 20.0. The van der Waals surface area contributed by atoms with Gasteiger partial charge in [0.05, 0.1) is 24.0 Å². The Labute approximate surface area is 360 Å². The number of aryl methyl sites for hydroxylation is 2. The van der Waals surface area contributed by atoms with Crippen molar-refractivity contribution in [1.82, 2.24) is 41.4 Å². The largest absolute Gasteiger partial charge is 0.465 e. The van der Waals surface area contributed by atoms with Gasteiger partial charge in [-0.3, -0.25) is 31.3 Å². The monoisotopic (exact) mass is 876 g/mol. The number of rotatable bonds is 18. The molecule has 22 heteroatoms. The van der Waals surface area contributed by atoms with E-state index in [0.29, 0.717) is 62.5 Å². The van der Waals surface area contributed by atoms with E-state index in [-0.39, 0.29) is 48.6 Å². The van der Waals surface area contributed by atoms with Crippen molar-refractivity contribution in [3.8, 4) is 0 Å². The van der Waals surface area contributed by atoms with Crippen LogP contribution >= 0.6 is 0 Å². The Morgan fingerprint density at radius 2 is 1.02 bits per heavy atom. The van der Waals surface area contributed by atoms with Crippen LogP contribution in [0.4, 0.5) is 41.6 Å². The number of hydrazine groups is 2. The van der Waals surface area contributed by atoms with Gasteiger partial charge in [-0.05, 0) is 51.4 Å². The number of nitrogens with zero attached hydrogens (tertiary/aromatic N) is 6. The molecule has 2 aromatic heterocycles. The van der Waals surface area contributed by atoms with E-state index in [0.717, 1.165) is 64.2 Å². The van der Waals surface area contributed by atoms with Crippen molar-refractivity contribution in [3.63, 3.8) is 0 Å². The zero-order valence-electron chi connectivity index (χ0n) is 36.0. The summed E-state index contributed by atoms with van der Waals surface area (Å²) in [5, 5.41) is 22.4. The molecule has 0 radical (unpaired) electrons. The summed E-state index contributed by atoms with van der Waals surface area (Å²) in [6.45, 7) is 5.59. The van der Waals surface area contributed by atoms with Crippen LogP contribution in [-0.2, 0) is 19.1 Å². The molecule has 2 saturated carbocycles. The highest BCUT2D eigenvalue weighted by molar-refractivity contribution is 5.81. The summed E-state index contributed by atoms with van der Waals surface area (Å²) in [6.07, 6.45) is 9.01. The molecule has 8 N–H and O–H groups in total. The van der Waals surface area contributed by atoms with Gasteiger partial charge >= 0.3 is 12.2 Å². The van der Waals surface area contributed by atoms with Crippen LogP contribution in [-0.4, -0.2) is 120 Å². The zero-order valence-corrected chi connectivity index (χ0v) is 36.0. The molecular formula is C40H62F2N12O8. The Morgan fingerprint density at radius 3 is 1.34 bits per heavy atom. The zero-order chi connectivity index (χ0) is 44.8. The Morgan fingerprint density at radius 1 is 0.645 bits per heavy atom. The fraction of sp³-hybridized carbons (Fsp3) is 0.700. The number of carboxylic acid groups (broad SMARTS) is 2. The summed E-state index contributed by atoms with van der Waals surface area (Å²) >= 11 is 0. The summed E-state index contributed by atoms with van der Waals surface area (Å²) in [5.41, 5.74) is 10.2. The van der Waals surface area contributed by atoms with Gasteiger partial charge in [-0.1, -0.05) is 51.4 Å². The van der Waals surface area contributed by atoms with E-state index in [9.17, 15) is 19.2 Å². The van der Waals surface area contributed by atoms with E-state index < -0.39 is 47.5 Å². The predicted molar refractivity (Wildman–Crippen MR) is 224 cm³/mol. The van der Waals surface area contributed by atoms with Gasteiger partial charge in [0.2, 0.25) is 23.4 Å². The Bertz CT molecular complexity index is 1710. The summed E-state index contributed by atoms with van der Waals surface area (Å²) in [4.78, 5) is 67.4. The average molecular weight is 877 g/mol. The maximum absolute atomic E-state index is 15.1. The lowest BCUT2D eigenvalue weighted by atomic mass is 9.92. The molecule has 0 aromatic carbocycles. The number of carbonyl (C=O) groups excluding carboxylic acids is 2. The van der Waals surface area contributed by atoms with Crippen molar-refractivity contribution in [2.45, 2.75) is 103 Å². The molecule has 2 aromatic rings. The van der Waals surface area contributed by atoms with Gasteiger partial charge in [0, 0.05) is 53.5 Å². The van der Waals surface area contributed by atoms with Gasteiger partial charge in [-0.15, -0.1) is 0 Å². The maximum atomic E-state index is 15.1. The number of hydrogen-bond acceptors (Lipinski definition) is 14. The second kappa shape index (κ2) is 23.2. The predicted octanol–water partition coefficient (Wildman–Crippen LogP) is 4.11. The topological polar surface area (TPSA) is 257 Å². The van der Waals surface area contributed by atoms with Gasteiger partial charge in [0.15, 0.2) is 23.3 Å². The number of amides is 4. The molecule has 2 aliphatic heterocycles. The second-order valence-electron chi connectivity index (χ2n) is 16.5. The van der Waals surface area contributed by atoms with Crippen LogP contribution in [0.2, 0.25) is 0 Å². The van der Waals surface area contributed by atoms with Crippen LogP contribution in [0.1, 0.15) is 88.7 Å². The summed E-state index contributed by atoms with van der Waals surface area (Å²) in [6, 6.07) is 0. The highest BCUT2D eigenvalue weighted by Crippen LogP contribution is 2.32. The Balaban J connectivity index is 0.000000234. The molecule has 4 heterocycles. The van der Waals surface area contributed by atoms with Crippen LogP contribution in [0.25, 0.3) is 0 Å². The van der Waals surface area contributed by atoms with E-state index >= 15 is 8.78 Å². The number of carbonyl (C=O) groups is 4. The molecule has 4 fully saturated rings. The molecule has 4 amide bonds. The van der Waals surface area contributed by atoms with E-state index in [1.54, 1.807) is 37.9 Å². The lowest BCUT2D eigenvalue weighted by Crippen LogP contribution is -2.42. The van der Waals surface area contributed by atoms with Gasteiger partial charge < -0.3 is 40.1 Å². The quantitative estimate of drug-likeness (QED) is 0.0981. The van der Waals surface area contributed by atoms with Gasteiger partial charge in [0.1, 0.15) is 11.6 Å². The molecule has 4 aliphatic rings. The molecule has 2 saturated heterocycles. The number of methoxy groups -OCH3 is 2. The first-order valence-corrected chi connectivity index (χ1v) is 21.4. The van der Waals surface area contributed by atoms with Gasteiger partial charge in [-0.2, -0.15) is 8.78 Å². The standard InChI is InChI=1S/2C20H31FN6O4/c2*1-12-23-17(16(21)18(24-12)27-8-7-15(11-27)31-2)25-26-19(28)14(10-22-20(29)30)9-13-5-3-4-6-13/h2*13-15,22H,3-11H2,1-2H3,(H,26,28)(H,29,30)(H,23,24,25)/t2*14-,15-/m11/s1. The molecule has 6 rings (SSSR count). The highest BCUT2D eigenvalue weighted by Gasteiger charge is 2.31. The third-order valence-corrected chi connectivity index (χ3v) is 12.0. The fourth-order valence-electron chi connectivity index (χ4n) is 8.63. The van der Waals surface area contributed by atoms with Crippen LogP contribution < -0.4 is 42.1 Å². The molecular weight excluding hydrogens is 815 g/mol. The number of anilines is 4. The van der Waals surface area contributed by atoms with Crippen LogP contribution in [0.5, 0.6) is 0 Å². The van der Waals surface area contributed by atoms with Crippen molar-refractivity contribution < 1.29 is 47.6 Å². The van der Waals surface area contributed by atoms with Gasteiger partial charge in [-0.25, -0.2) is 29.5 Å². The minimum Gasteiger partial charge on any atom is -0.465 e. The van der Waals surface area contributed by atoms with Crippen molar-refractivity contribution >= 4 is 47.3 Å². The molecule has 0 spiro atoms. The number of hydrogen-bond donors (Lipinski definition) is 8. The molecule has 20 nitrogen and oxygen atoms in total. The number of nitrogens with one attached hydrogen (secondary N) is 6. The third-order valence-electron chi connectivity index (χ3n) is 12.0. The molecule has 344 valence electrons. The molecule has 2 aliphatic carbocycles. The average Bonchev–Trinajstić information content (AvgIpc) is 4.10. The SMILES string of the molecule is CO[C@@H]1CCN(c2nc(C)nc(NNC(=O)[C@@H](CNC(=O)O)CC3CCCC3)c2F)C1.CO[C@@H]1CCN(c2nc(C)nc(NNC(=O)[C@@H](CNC(=O)O)CC3CCCC3)c2F)C1. The van der Waals surface area contributed by atoms with E-state index in [1.807, 2.05) is 0 Å². The molecule has 0 bridgehead atoms. The summed E-state index contributed by atoms with van der Waals surface area (Å²) in [5.74, 6) is -1.64. The summed E-state index contributed by atoms with van der Waals surface area (Å²) < 4.78 is 40.8. The molecule has 0 unspecified atom stereocenters. The first kappa shape index (κ1) is 47.7. The van der Waals surface area contributed by atoms with Gasteiger partial charge in [0.25, 0.3) is 0 Å². The first-order valence-electron chi connectivity index (χ1n) is 21.4. The van der Waals surface area contributed by atoms with E-state index in [4.69, 9.17) is 19.7 Å². The number of aromatic nitrogens is 4. The fourth-order valence-corrected chi connectivity index (χ4v) is 8.63. The lowest BCUT2D eigenvalue weighted by Gasteiger charge is -2.22. The Kier molecular flexibility index (Phi) is 17.8. The van der Waals surface area contributed by atoms with Crippen molar-refractivity contribution in [1.29, 1.82) is 0 Å². The van der Waals surface area contributed by atoms with Crippen LogP contribution in [0.3, 0.4) is 0 Å². The minimum absolute atomic E-state index is 0.00205. The maximum Gasteiger partial charge on any atom is 0.404 e. The molecule has 4 atom stereocenters. The lowest BCUT2D eigenvalue weighted by molar-refractivity contribution is -0.125. The van der Waals surface area contributed by atoms with Crippen molar-refractivity contribution in [3.05, 3.63) is 23.3 Å².